The van der Waals surface area contributed by atoms with Gasteiger partial charge in [0.05, 0.1) is 15.5 Å². The molecule has 0 amide bonds. The SMILES string of the molecule is CCS(=O)(=O)c1cccc(C(Oc2ccc(CN(C)S(=O)(=O)c3ccc(F)cc3)cc2)C(=O)O)c1. The van der Waals surface area contributed by atoms with Crippen molar-refractivity contribution >= 4 is 25.8 Å². The van der Waals surface area contributed by atoms with Crippen LogP contribution in [0.2, 0.25) is 0 Å². The van der Waals surface area contributed by atoms with Crippen molar-refractivity contribution in [2.45, 2.75) is 29.4 Å². The molecular formula is C24H24FNO7S2. The summed E-state index contributed by atoms with van der Waals surface area (Å²) in [6, 6.07) is 16.3. The third-order valence-electron chi connectivity index (χ3n) is 5.23. The fraction of sp³-hybridized carbons (Fsp3) is 0.208. The van der Waals surface area contributed by atoms with Crippen molar-refractivity contribution in [3.63, 3.8) is 0 Å². The van der Waals surface area contributed by atoms with Crippen LogP contribution in [0, 0.1) is 5.82 Å². The number of sulfone groups is 1. The minimum Gasteiger partial charge on any atom is -0.478 e. The number of rotatable bonds is 10. The smallest absolute Gasteiger partial charge is 0.349 e. The summed E-state index contributed by atoms with van der Waals surface area (Å²) in [5, 5.41) is 9.66. The monoisotopic (exact) mass is 521 g/mol. The Labute approximate surface area is 203 Å². The normalized spacial score (nSPS) is 12.9. The minimum atomic E-state index is -3.84. The van der Waals surface area contributed by atoms with Crippen molar-refractivity contribution in [1.29, 1.82) is 0 Å². The largest absolute Gasteiger partial charge is 0.478 e. The van der Waals surface area contributed by atoms with Crippen LogP contribution in [0.4, 0.5) is 4.39 Å². The van der Waals surface area contributed by atoms with Gasteiger partial charge in [-0.15, -0.1) is 0 Å². The molecule has 1 unspecified atom stereocenters. The molecule has 11 heteroatoms. The number of carboxylic acids is 1. The Morgan fingerprint density at radius 1 is 0.971 bits per heavy atom. The first-order valence-electron chi connectivity index (χ1n) is 10.5. The second-order valence-electron chi connectivity index (χ2n) is 7.67. The van der Waals surface area contributed by atoms with E-state index in [-0.39, 0.29) is 33.4 Å². The molecule has 0 aromatic heterocycles. The van der Waals surface area contributed by atoms with Gasteiger partial charge in [-0.2, -0.15) is 4.31 Å². The third-order valence-corrected chi connectivity index (χ3v) is 8.78. The van der Waals surface area contributed by atoms with Crippen LogP contribution >= 0.6 is 0 Å². The van der Waals surface area contributed by atoms with E-state index < -0.39 is 37.8 Å². The molecule has 0 fully saturated rings. The van der Waals surface area contributed by atoms with Gasteiger partial charge in [0, 0.05) is 19.2 Å². The lowest BCUT2D eigenvalue weighted by Crippen LogP contribution is -2.26. The molecule has 0 spiro atoms. The summed E-state index contributed by atoms with van der Waals surface area (Å²) in [4.78, 5) is 11.8. The first-order valence-corrected chi connectivity index (χ1v) is 13.6. The number of nitrogens with zero attached hydrogens (tertiary/aromatic N) is 1. The topological polar surface area (TPSA) is 118 Å². The molecule has 0 aliphatic rings. The Balaban J connectivity index is 1.76. The number of hydrogen-bond donors (Lipinski definition) is 1. The molecular weight excluding hydrogens is 497 g/mol. The van der Waals surface area contributed by atoms with E-state index in [1.807, 2.05) is 0 Å². The van der Waals surface area contributed by atoms with Gasteiger partial charge in [0.1, 0.15) is 11.6 Å². The second kappa shape index (κ2) is 10.5. The van der Waals surface area contributed by atoms with E-state index in [4.69, 9.17) is 4.74 Å². The number of carbonyl (C=O) groups is 1. The lowest BCUT2D eigenvalue weighted by Gasteiger charge is -2.19. The fourth-order valence-corrected chi connectivity index (χ4v) is 5.33. The van der Waals surface area contributed by atoms with Crippen molar-refractivity contribution in [2.24, 2.45) is 0 Å². The van der Waals surface area contributed by atoms with E-state index in [1.165, 1.54) is 62.5 Å². The van der Waals surface area contributed by atoms with Gasteiger partial charge in [-0.25, -0.2) is 26.0 Å². The minimum absolute atomic E-state index is 0.00750. The van der Waals surface area contributed by atoms with Gasteiger partial charge < -0.3 is 9.84 Å². The maximum atomic E-state index is 13.1. The Morgan fingerprint density at radius 2 is 1.60 bits per heavy atom. The Kier molecular flexibility index (Phi) is 7.93. The van der Waals surface area contributed by atoms with Crippen molar-refractivity contribution in [3.05, 3.63) is 89.7 Å². The van der Waals surface area contributed by atoms with Crippen LogP contribution in [0.15, 0.2) is 82.6 Å². The van der Waals surface area contributed by atoms with E-state index >= 15 is 0 Å². The summed E-state index contributed by atoms with van der Waals surface area (Å²) in [7, 11) is -5.98. The molecule has 3 aromatic rings. The predicted octanol–water partition coefficient (Wildman–Crippen LogP) is 3.64. The number of benzene rings is 3. The van der Waals surface area contributed by atoms with Crippen LogP contribution in [0.5, 0.6) is 5.75 Å². The number of halogens is 1. The maximum Gasteiger partial charge on any atom is 0.349 e. The third kappa shape index (κ3) is 6.24. The molecule has 0 saturated heterocycles. The van der Waals surface area contributed by atoms with Gasteiger partial charge in [0.15, 0.2) is 9.84 Å². The molecule has 1 N–H and O–H groups in total. The number of sulfonamides is 1. The molecule has 0 saturated carbocycles. The highest BCUT2D eigenvalue weighted by Gasteiger charge is 2.25. The Bertz CT molecular complexity index is 1400. The van der Waals surface area contributed by atoms with Crippen molar-refractivity contribution < 1.29 is 35.9 Å². The lowest BCUT2D eigenvalue weighted by atomic mass is 10.1. The molecule has 0 radical (unpaired) electrons. The van der Waals surface area contributed by atoms with Gasteiger partial charge in [0.2, 0.25) is 16.1 Å². The highest BCUT2D eigenvalue weighted by molar-refractivity contribution is 7.91. The maximum absolute atomic E-state index is 13.1. The molecule has 0 aliphatic carbocycles. The number of carboxylic acid groups (broad SMARTS) is 1. The molecule has 0 heterocycles. The van der Waals surface area contributed by atoms with E-state index in [0.717, 1.165) is 16.4 Å². The Hall–Kier alpha value is -3.28. The summed E-state index contributed by atoms with van der Waals surface area (Å²) < 4.78 is 69.5. The predicted molar refractivity (Wildman–Crippen MR) is 127 cm³/mol. The van der Waals surface area contributed by atoms with Crippen molar-refractivity contribution in [2.75, 3.05) is 12.8 Å². The standard InChI is InChI=1S/C24H24FNO7S2/c1-3-34(29,30)22-6-4-5-18(15-22)23(24(27)28)33-20-11-7-17(8-12-20)16-26(2)35(31,32)21-13-9-19(25)10-14-21/h4-15,23H,3,16H2,1-2H3,(H,27,28). The molecule has 3 rings (SSSR count). The van der Waals surface area contributed by atoms with Crippen molar-refractivity contribution in [1.82, 2.24) is 4.31 Å². The van der Waals surface area contributed by atoms with Crippen LogP contribution in [0.1, 0.15) is 24.2 Å². The Morgan fingerprint density at radius 3 is 2.17 bits per heavy atom. The second-order valence-corrected chi connectivity index (χ2v) is 12.0. The first-order chi connectivity index (χ1) is 16.4. The lowest BCUT2D eigenvalue weighted by molar-refractivity contribution is -0.145. The van der Waals surface area contributed by atoms with Crippen LogP contribution in [0.3, 0.4) is 0 Å². The van der Waals surface area contributed by atoms with E-state index in [0.29, 0.717) is 5.56 Å². The van der Waals surface area contributed by atoms with Gasteiger partial charge in [-0.1, -0.05) is 31.2 Å². The quantitative estimate of drug-likeness (QED) is 0.433. The zero-order valence-corrected chi connectivity index (χ0v) is 20.6. The molecule has 35 heavy (non-hydrogen) atoms. The molecule has 1 atom stereocenters. The van der Waals surface area contributed by atoms with Crippen LogP contribution < -0.4 is 4.74 Å². The number of hydrogen-bond acceptors (Lipinski definition) is 6. The zero-order valence-electron chi connectivity index (χ0n) is 19.0. The van der Waals surface area contributed by atoms with Gasteiger partial charge in [0.25, 0.3) is 0 Å². The summed E-state index contributed by atoms with van der Waals surface area (Å²) in [6.07, 6.45) is -1.45. The van der Waals surface area contributed by atoms with E-state index in [1.54, 1.807) is 12.1 Å². The van der Waals surface area contributed by atoms with E-state index in [9.17, 15) is 31.1 Å². The zero-order chi connectivity index (χ0) is 25.8. The summed E-state index contributed by atoms with van der Waals surface area (Å²) in [5.74, 6) is -1.76. The van der Waals surface area contributed by atoms with Crippen LogP contribution in [-0.4, -0.2) is 45.0 Å². The van der Waals surface area contributed by atoms with E-state index in [2.05, 4.69) is 0 Å². The van der Waals surface area contributed by atoms with Crippen LogP contribution in [-0.2, 0) is 31.2 Å². The first kappa shape index (κ1) is 26.3. The summed E-state index contributed by atoms with van der Waals surface area (Å²) in [6.45, 7) is 1.51. The van der Waals surface area contributed by atoms with Gasteiger partial charge >= 0.3 is 5.97 Å². The number of aliphatic carboxylic acids is 1. The average molecular weight is 522 g/mol. The van der Waals surface area contributed by atoms with Gasteiger partial charge in [-0.3, -0.25) is 0 Å². The summed E-state index contributed by atoms with van der Waals surface area (Å²) in [5.41, 5.74) is 0.773. The van der Waals surface area contributed by atoms with Crippen molar-refractivity contribution in [3.8, 4) is 5.75 Å². The highest BCUT2D eigenvalue weighted by atomic mass is 32.2. The molecule has 0 bridgehead atoms. The molecule has 186 valence electrons. The molecule has 8 nitrogen and oxygen atoms in total. The summed E-state index contributed by atoms with van der Waals surface area (Å²) >= 11 is 0. The van der Waals surface area contributed by atoms with Crippen LogP contribution in [0.25, 0.3) is 0 Å². The van der Waals surface area contributed by atoms with Gasteiger partial charge in [-0.05, 0) is 54.1 Å². The molecule has 0 aliphatic heterocycles. The fourth-order valence-electron chi connectivity index (χ4n) is 3.24. The molecule has 3 aromatic carbocycles. The average Bonchev–Trinajstić information content (AvgIpc) is 2.83. The highest BCUT2D eigenvalue weighted by Crippen LogP contribution is 2.26. The number of ether oxygens (including phenoxy) is 1.